The third-order valence-electron chi connectivity index (χ3n) is 5.58. The van der Waals surface area contributed by atoms with Crippen LogP contribution in [-0.2, 0) is 13.0 Å². The zero-order valence-electron chi connectivity index (χ0n) is 16.1. The quantitative estimate of drug-likeness (QED) is 0.722. The number of aromatic nitrogens is 2. The van der Waals surface area contributed by atoms with Crippen molar-refractivity contribution in [3.05, 3.63) is 76.5 Å². The molecule has 2 aliphatic rings. The molecule has 0 spiro atoms. The maximum Gasteiger partial charge on any atom is 0.261 e. The summed E-state index contributed by atoms with van der Waals surface area (Å²) in [7, 11) is 0. The monoisotopic (exact) mass is 373 g/mol. The van der Waals surface area contributed by atoms with Gasteiger partial charge in [-0.25, -0.2) is 4.98 Å². The normalized spacial score (nSPS) is 17.9. The number of rotatable bonds is 2. The Morgan fingerprint density at radius 2 is 1.93 bits per heavy atom. The van der Waals surface area contributed by atoms with Crippen LogP contribution in [0.5, 0.6) is 0 Å². The lowest BCUT2D eigenvalue weighted by molar-refractivity contribution is 0.240. The van der Waals surface area contributed by atoms with Crippen LogP contribution in [0.15, 0.2) is 59.5 Å². The van der Waals surface area contributed by atoms with Crippen molar-refractivity contribution >= 4 is 22.3 Å². The summed E-state index contributed by atoms with van der Waals surface area (Å²) in [6.45, 7) is 5.15. The molecule has 0 bridgehead atoms. The van der Waals surface area contributed by atoms with Gasteiger partial charge in [0.05, 0.1) is 22.3 Å². The van der Waals surface area contributed by atoms with E-state index in [0.29, 0.717) is 5.39 Å². The highest BCUT2D eigenvalue weighted by Gasteiger charge is 2.27. The molecular formula is C22H23N5O. The van der Waals surface area contributed by atoms with Crippen LogP contribution < -0.4 is 21.5 Å². The minimum Gasteiger partial charge on any atom is -0.309 e. The van der Waals surface area contributed by atoms with Crippen molar-refractivity contribution in [1.82, 2.24) is 20.5 Å². The van der Waals surface area contributed by atoms with Gasteiger partial charge in [-0.05, 0) is 36.1 Å². The number of para-hydroxylation sites is 1. The van der Waals surface area contributed by atoms with Gasteiger partial charge in [0, 0.05) is 24.7 Å². The Balaban J connectivity index is 1.59. The summed E-state index contributed by atoms with van der Waals surface area (Å²) < 4.78 is 1.86. The van der Waals surface area contributed by atoms with E-state index in [9.17, 15) is 4.79 Å². The average Bonchev–Trinajstić information content (AvgIpc) is 3.19. The smallest absolute Gasteiger partial charge is 0.261 e. The molecule has 5 rings (SSSR count). The van der Waals surface area contributed by atoms with Gasteiger partial charge in [0.25, 0.3) is 5.56 Å². The van der Waals surface area contributed by atoms with E-state index in [1.54, 1.807) is 0 Å². The summed E-state index contributed by atoms with van der Waals surface area (Å²) >= 11 is 0. The second-order valence-corrected chi connectivity index (χ2v) is 8.27. The standard InChI is InChI=1S/C22H23N5O/c1-22(2)11-10-20-24-18-12-15(8-9-17(18)21(28)26(20)14-22)19-13-23-25-27(19)16-6-4-3-5-7-16/h3-9,12-13,23,25H,10-11,14H2,1-2H3. The molecule has 2 aromatic carbocycles. The SMILES string of the molecule is CC1(C)CCc2nc3cc(C4=CNNN4c4ccccc4)ccc3c(=O)n2C1. The number of hydrazine groups is 2. The predicted octanol–water partition coefficient (Wildman–Crippen LogP) is 3.20. The van der Waals surface area contributed by atoms with E-state index in [1.165, 1.54) is 0 Å². The maximum atomic E-state index is 13.1. The van der Waals surface area contributed by atoms with E-state index < -0.39 is 0 Å². The zero-order chi connectivity index (χ0) is 19.3. The van der Waals surface area contributed by atoms with Gasteiger partial charge in [-0.2, -0.15) is 0 Å². The molecule has 0 fully saturated rings. The van der Waals surface area contributed by atoms with E-state index in [4.69, 9.17) is 4.98 Å². The van der Waals surface area contributed by atoms with Crippen molar-refractivity contribution in [1.29, 1.82) is 0 Å². The van der Waals surface area contributed by atoms with Gasteiger partial charge in [0.2, 0.25) is 0 Å². The number of nitrogens with zero attached hydrogens (tertiary/aromatic N) is 3. The van der Waals surface area contributed by atoms with Crippen LogP contribution in [0.4, 0.5) is 5.69 Å². The van der Waals surface area contributed by atoms with Gasteiger partial charge in [-0.1, -0.05) is 38.1 Å². The summed E-state index contributed by atoms with van der Waals surface area (Å²) in [6, 6.07) is 16.0. The van der Waals surface area contributed by atoms with Crippen LogP contribution in [0.3, 0.4) is 0 Å². The van der Waals surface area contributed by atoms with Crippen molar-refractivity contribution in [3.8, 4) is 0 Å². The zero-order valence-corrected chi connectivity index (χ0v) is 16.1. The van der Waals surface area contributed by atoms with Crippen molar-refractivity contribution in [2.75, 3.05) is 5.01 Å². The summed E-state index contributed by atoms with van der Waals surface area (Å²) in [5.74, 6) is 0.894. The van der Waals surface area contributed by atoms with Crippen molar-refractivity contribution in [2.45, 2.75) is 33.2 Å². The molecule has 1 aromatic heterocycles. The molecule has 0 amide bonds. The fraction of sp³-hybridized carbons (Fsp3) is 0.273. The second kappa shape index (κ2) is 6.21. The molecule has 6 nitrogen and oxygen atoms in total. The number of benzene rings is 2. The van der Waals surface area contributed by atoms with Crippen LogP contribution in [0.25, 0.3) is 16.6 Å². The lowest BCUT2D eigenvalue weighted by Gasteiger charge is -2.31. The Labute approximate surface area is 163 Å². The van der Waals surface area contributed by atoms with Gasteiger partial charge in [0.15, 0.2) is 0 Å². The second-order valence-electron chi connectivity index (χ2n) is 8.27. The third-order valence-corrected chi connectivity index (χ3v) is 5.58. The van der Waals surface area contributed by atoms with Crippen LogP contribution in [0.2, 0.25) is 0 Å². The third kappa shape index (κ3) is 2.77. The minimum atomic E-state index is 0.0656. The number of fused-ring (bicyclic) bond motifs is 2. The molecule has 2 aliphatic heterocycles. The van der Waals surface area contributed by atoms with Crippen molar-refractivity contribution in [2.24, 2.45) is 5.41 Å². The molecule has 142 valence electrons. The minimum absolute atomic E-state index is 0.0656. The van der Waals surface area contributed by atoms with E-state index >= 15 is 0 Å². The Hall–Kier alpha value is -3.12. The summed E-state index contributed by atoms with van der Waals surface area (Å²) in [4.78, 5) is 17.9. The first kappa shape index (κ1) is 17.0. The number of anilines is 1. The first-order valence-electron chi connectivity index (χ1n) is 9.62. The highest BCUT2D eigenvalue weighted by atomic mass is 16.1. The summed E-state index contributed by atoms with van der Waals surface area (Å²) in [5, 5.41) is 2.66. The predicted molar refractivity (Wildman–Crippen MR) is 111 cm³/mol. The molecule has 2 N–H and O–H groups in total. The molecule has 3 aromatic rings. The van der Waals surface area contributed by atoms with Crippen LogP contribution in [0.1, 0.15) is 31.7 Å². The molecule has 0 atom stereocenters. The number of hydrogen-bond acceptors (Lipinski definition) is 5. The Bertz CT molecular complexity index is 1150. The van der Waals surface area contributed by atoms with Crippen LogP contribution in [0, 0.1) is 5.41 Å². The first-order chi connectivity index (χ1) is 13.5. The summed E-state index contributed by atoms with van der Waals surface area (Å²) in [6.07, 6.45) is 3.80. The van der Waals surface area contributed by atoms with E-state index in [-0.39, 0.29) is 11.0 Å². The van der Waals surface area contributed by atoms with Crippen molar-refractivity contribution < 1.29 is 0 Å². The first-order valence-corrected chi connectivity index (χ1v) is 9.62. The Morgan fingerprint density at radius 1 is 1.11 bits per heavy atom. The average molecular weight is 373 g/mol. The lowest BCUT2D eigenvalue weighted by Crippen LogP contribution is -2.37. The number of hydrogen-bond donors (Lipinski definition) is 2. The van der Waals surface area contributed by atoms with Gasteiger partial charge in [-0.3, -0.25) is 14.4 Å². The van der Waals surface area contributed by atoms with E-state index in [2.05, 4.69) is 24.8 Å². The molecule has 6 heteroatoms. The molecular weight excluding hydrogens is 350 g/mol. The van der Waals surface area contributed by atoms with Gasteiger partial charge in [-0.15, -0.1) is 5.53 Å². The molecule has 0 aliphatic carbocycles. The van der Waals surface area contributed by atoms with Gasteiger partial charge >= 0.3 is 0 Å². The van der Waals surface area contributed by atoms with Gasteiger partial charge in [0.1, 0.15) is 5.82 Å². The Kier molecular flexibility index (Phi) is 3.77. The van der Waals surface area contributed by atoms with Crippen LogP contribution >= 0.6 is 0 Å². The largest absolute Gasteiger partial charge is 0.309 e. The molecule has 0 unspecified atom stereocenters. The van der Waals surface area contributed by atoms with E-state index in [1.807, 2.05) is 64.3 Å². The molecule has 0 radical (unpaired) electrons. The number of aryl methyl sites for hydroxylation is 1. The molecule has 3 heterocycles. The fourth-order valence-corrected chi connectivity index (χ4v) is 4.02. The van der Waals surface area contributed by atoms with E-state index in [0.717, 1.165) is 47.7 Å². The Morgan fingerprint density at radius 3 is 2.75 bits per heavy atom. The number of nitrogens with one attached hydrogen (secondary N) is 2. The molecule has 0 saturated heterocycles. The fourth-order valence-electron chi connectivity index (χ4n) is 4.02. The van der Waals surface area contributed by atoms with Gasteiger partial charge < -0.3 is 5.43 Å². The highest BCUT2D eigenvalue weighted by Crippen LogP contribution is 2.31. The molecule has 0 saturated carbocycles. The van der Waals surface area contributed by atoms with Crippen LogP contribution in [-0.4, -0.2) is 9.55 Å². The lowest BCUT2D eigenvalue weighted by atomic mass is 9.85. The maximum absolute atomic E-state index is 13.1. The molecule has 28 heavy (non-hydrogen) atoms. The topological polar surface area (TPSA) is 62.2 Å². The highest BCUT2D eigenvalue weighted by molar-refractivity contribution is 5.86. The van der Waals surface area contributed by atoms with Crippen molar-refractivity contribution in [3.63, 3.8) is 0 Å². The summed E-state index contributed by atoms with van der Waals surface area (Å²) in [5.41, 5.74) is 10.2.